The van der Waals surface area contributed by atoms with Crippen LogP contribution in [0.25, 0.3) is 21.5 Å². The van der Waals surface area contributed by atoms with Crippen LogP contribution < -0.4 is 88.7 Å². The first-order valence-corrected chi connectivity index (χ1v) is 10.9. The maximum atomic E-state index is 11.7. The van der Waals surface area contributed by atoms with Crippen molar-refractivity contribution < 1.29 is 128 Å². The van der Waals surface area contributed by atoms with Crippen molar-refractivity contribution in [3.63, 3.8) is 0 Å². The van der Waals surface area contributed by atoms with Crippen LogP contribution in [0.5, 0.6) is 0 Å². The second-order valence-corrected chi connectivity index (χ2v) is 9.30. The van der Waals surface area contributed by atoms with Gasteiger partial charge in [-0.15, -0.1) is 0 Å². The van der Waals surface area contributed by atoms with Crippen molar-refractivity contribution in [3.05, 3.63) is 42.5 Å². The molecule has 29 heavy (non-hydrogen) atoms. The summed E-state index contributed by atoms with van der Waals surface area (Å²) in [5.74, 6) is 0. The van der Waals surface area contributed by atoms with Gasteiger partial charge in [-0.1, -0.05) is 24.3 Å². The van der Waals surface area contributed by atoms with Crippen molar-refractivity contribution in [2.75, 3.05) is 0 Å². The van der Waals surface area contributed by atoms with Crippen LogP contribution in [0.1, 0.15) is 0 Å². The zero-order chi connectivity index (χ0) is 19.5. The molecule has 138 valence electrons. The normalized spacial score (nSPS) is 12.0. The third-order valence-corrected chi connectivity index (χ3v) is 6.62. The summed E-state index contributed by atoms with van der Waals surface area (Å²) in [7, 11) is -17.0. The van der Waals surface area contributed by atoms with Crippen LogP contribution >= 0.6 is 0 Å². The molecule has 0 fully saturated rings. The Morgan fingerprint density at radius 2 is 1.00 bits per heavy atom. The monoisotopic (exact) mass is 484 g/mol. The molecule has 0 unspecified atom stereocenters. The molecule has 0 N–H and O–H groups in total. The Morgan fingerprint density at radius 3 is 1.41 bits per heavy atom. The molecule has 0 bridgehead atoms. The average molecular weight is 484 g/mol. The summed E-state index contributed by atoms with van der Waals surface area (Å²) in [6.07, 6.45) is 0. The van der Waals surface area contributed by atoms with Gasteiger partial charge < -0.3 is 13.7 Å². The number of hydrogen-bond acceptors (Lipinski definition) is 9. The van der Waals surface area contributed by atoms with Crippen LogP contribution in [-0.2, 0) is 30.4 Å². The molecule has 3 rings (SSSR count). The molecule has 3 aromatic carbocycles. The standard InChI is InChI=1S/C14H10O9S3.3Na/c15-24(16,17)12-7-10-5-8-3-1-2-4-9(8)6-11(10)13(25(18,19)20)14(12)26(21,22)23;;;/h1-7H,(H,15,16,17)(H,18,19,20)(H,21,22,23);;;/q;3*+1/p-3. The van der Waals surface area contributed by atoms with Crippen molar-refractivity contribution in [3.8, 4) is 0 Å². The quantitative estimate of drug-likeness (QED) is 0.199. The van der Waals surface area contributed by atoms with Gasteiger partial charge in [0, 0.05) is 5.39 Å². The van der Waals surface area contributed by atoms with Gasteiger partial charge in [0.05, 0.1) is 14.7 Å². The molecule has 0 heterocycles. The minimum Gasteiger partial charge on any atom is -0.744 e. The van der Waals surface area contributed by atoms with Crippen molar-refractivity contribution in [1.29, 1.82) is 0 Å². The molecule has 3 aromatic rings. The first-order chi connectivity index (χ1) is 11.8. The Balaban J connectivity index is 0.00000261. The summed E-state index contributed by atoms with van der Waals surface area (Å²) in [6, 6.07) is 9.30. The van der Waals surface area contributed by atoms with Crippen LogP contribution in [0.3, 0.4) is 0 Å². The molecule has 0 atom stereocenters. The molecule has 0 spiro atoms. The smallest absolute Gasteiger partial charge is 0.744 e. The Hall–Kier alpha value is 0.910. The third kappa shape index (κ3) is 6.24. The van der Waals surface area contributed by atoms with E-state index in [-0.39, 0.29) is 94.1 Å². The molecule has 15 heteroatoms. The van der Waals surface area contributed by atoms with E-state index in [0.29, 0.717) is 16.8 Å². The van der Waals surface area contributed by atoms with E-state index >= 15 is 0 Å². The fourth-order valence-electron chi connectivity index (χ4n) is 2.69. The van der Waals surface area contributed by atoms with Gasteiger partial charge in [0.15, 0.2) is 0 Å². The van der Waals surface area contributed by atoms with E-state index < -0.39 is 50.4 Å². The van der Waals surface area contributed by atoms with E-state index in [9.17, 15) is 38.9 Å². The Labute approximate surface area is 233 Å². The summed E-state index contributed by atoms with van der Waals surface area (Å²) in [5.41, 5.74) is 0. The molecule has 9 nitrogen and oxygen atoms in total. The van der Waals surface area contributed by atoms with Crippen LogP contribution in [0.4, 0.5) is 0 Å². The van der Waals surface area contributed by atoms with E-state index in [1.807, 2.05) is 0 Å². The van der Waals surface area contributed by atoms with Crippen LogP contribution in [0.15, 0.2) is 57.2 Å². The fourth-order valence-corrected chi connectivity index (χ4v) is 6.00. The maximum absolute atomic E-state index is 11.7. The van der Waals surface area contributed by atoms with Gasteiger partial charge in [-0.3, -0.25) is 0 Å². The van der Waals surface area contributed by atoms with Gasteiger partial charge in [-0.25, -0.2) is 25.3 Å². The Morgan fingerprint density at radius 1 is 0.552 bits per heavy atom. The minimum atomic E-state index is -5.78. The molecule has 0 saturated heterocycles. The number of benzene rings is 3. The van der Waals surface area contributed by atoms with Crippen molar-refractivity contribution in [2.24, 2.45) is 0 Å². The van der Waals surface area contributed by atoms with Gasteiger partial charge in [-0.2, -0.15) is 0 Å². The Bertz CT molecular complexity index is 1400. The summed E-state index contributed by atoms with van der Waals surface area (Å²) < 4.78 is 104. The van der Waals surface area contributed by atoms with E-state index in [1.165, 1.54) is 12.1 Å². The zero-order valence-electron chi connectivity index (χ0n) is 15.4. The van der Waals surface area contributed by atoms with Crippen molar-refractivity contribution >= 4 is 51.9 Å². The number of hydrogen-bond donors (Lipinski definition) is 0. The van der Waals surface area contributed by atoms with E-state index in [0.717, 1.165) is 6.07 Å². The number of rotatable bonds is 3. The van der Waals surface area contributed by atoms with Crippen molar-refractivity contribution in [2.45, 2.75) is 14.7 Å². The second kappa shape index (κ2) is 10.2. The van der Waals surface area contributed by atoms with Gasteiger partial charge in [0.2, 0.25) is 0 Å². The fraction of sp³-hybridized carbons (Fsp3) is 0. The van der Waals surface area contributed by atoms with Gasteiger partial charge >= 0.3 is 88.7 Å². The third-order valence-electron chi connectivity index (χ3n) is 3.65. The molecule has 0 aliphatic heterocycles. The summed E-state index contributed by atoms with van der Waals surface area (Å²) >= 11 is 0. The SMILES string of the molecule is O=S(=O)([O-])c1cc2cc3ccccc3cc2c(S(=O)(=O)[O-])c1S(=O)(=O)[O-].[Na+].[Na+].[Na+]. The van der Waals surface area contributed by atoms with Crippen LogP contribution in [0, 0.1) is 0 Å². The summed E-state index contributed by atoms with van der Waals surface area (Å²) in [5, 5.41) is 0.235. The zero-order valence-corrected chi connectivity index (χ0v) is 23.9. The first-order valence-electron chi connectivity index (χ1n) is 6.67. The topological polar surface area (TPSA) is 172 Å². The van der Waals surface area contributed by atoms with Crippen LogP contribution in [0.2, 0.25) is 0 Å². The largest absolute Gasteiger partial charge is 1.00 e. The first kappa shape index (κ1) is 29.9. The van der Waals surface area contributed by atoms with E-state index in [1.54, 1.807) is 18.2 Å². The maximum Gasteiger partial charge on any atom is 1.00 e. The predicted octanol–water partition coefficient (Wildman–Crippen LogP) is -8.28. The molecule has 0 saturated carbocycles. The average Bonchev–Trinajstić information content (AvgIpc) is 2.48. The van der Waals surface area contributed by atoms with Crippen molar-refractivity contribution in [1.82, 2.24) is 0 Å². The molecule has 0 amide bonds. The molecule has 0 aliphatic rings. The van der Waals surface area contributed by atoms with E-state index in [2.05, 4.69) is 0 Å². The minimum absolute atomic E-state index is 0. The molecule has 0 radical (unpaired) electrons. The predicted molar refractivity (Wildman–Crippen MR) is 85.3 cm³/mol. The molecular weight excluding hydrogens is 477 g/mol. The van der Waals surface area contributed by atoms with Gasteiger partial charge in [0.1, 0.15) is 30.4 Å². The van der Waals surface area contributed by atoms with E-state index in [4.69, 9.17) is 0 Å². The molecule has 0 aliphatic carbocycles. The van der Waals surface area contributed by atoms with Crippen LogP contribution in [-0.4, -0.2) is 38.9 Å². The molecule has 0 aromatic heterocycles. The van der Waals surface area contributed by atoms with Gasteiger partial charge in [-0.05, 0) is 34.4 Å². The second-order valence-electron chi connectivity index (χ2n) is 5.32. The van der Waals surface area contributed by atoms with Gasteiger partial charge in [0.25, 0.3) is 0 Å². The molecular formula is C14H7Na3O9S3. The number of fused-ring (bicyclic) bond motifs is 2. The summed E-state index contributed by atoms with van der Waals surface area (Å²) in [6.45, 7) is 0. The summed E-state index contributed by atoms with van der Waals surface area (Å²) in [4.78, 5) is -4.99. The Kier molecular flexibility index (Phi) is 10.6.